The topological polar surface area (TPSA) is 63.2 Å². The highest BCUT2D eigenvalue weighted by Crippen LogP contribution is 2.23. The molecule has 0 aliphatic carbocycles. The van der Waals surface area contributed by atoms with Crippen molar-refractivity contribution in [1.29, 1.82) is 0 Å². The molecule has 0 aromatic heterocycles. The van der Waals surface area contributed by atoms with Crippen LogP contribution in [0.3, 0.4) is 0 Å². The van der Waals surface area contributed by atoms with Crippen molar-refractivity contribution < 1.29 is 17.6 Å². The first-order valence-electron chi connectivity index (χ1n) is 5.66. The van der Waals surface area contributed by atoms with Gasteiger partial charge in [-0.05, 0) is 30.5 Å². The summed E-state index contributed by atoms with van der Waals surface area (Å²) in [4.78, 5) is 11.5. The maximum atomic E-state index is 13.7. The van der Waals surface area contributed by atoms with E-state index in [0.717, 1.165) is 12.1 Å². The largest absolute Gasteiger partial charge is 0.352 e. The van der Waals surface area contributed by atoms with Crippen molar-refractivity contribution in [3.05, 3.63) is 29.1 Å². The first-order chi connectivity index (χ1) is 8.62. The fourth-order valence-corrected chi connectivity index (χ4v) is 2.68. The monoisotopic (exact) mass is 307 g/mol. The number of nitrogens with one attached hydrogen (secondary N) is 1. The van der Waals surface area contributed by atoms with Crippen molar-refractivity contribution in [2.45, 2.75) is 25.7 Å². The Morgan fingerprint density at radius 2 is 2.00 bits per heavy atom. The van der Waals surface area contributed by atoms with E-state index in [9.17, 15) is 17.6 Å². The van der Waals surface area contributed by atoms with Crippen LogP contribution < -0.4 is 5.32 Å². The van der Waals surface area contributed by atoms with Crippen molar-refractivity contribution in [1.82, 2.24) is 5.32 Å². The van der Waals surface area contributed by atoms with Crippen molar-refractivity contribution in [3.8, 4) is 0 Å². The van der Waals surface area contributed by atoms with Gasteiger partial charge in [0.1, 0.15) is 5.82 Å². The van der Waals surface area contributed by atoms with E-state index >= 15 is 0 Å². The van der Waals surface area contributed by atoms with Crippen LogP contribution in [0.4, 0.5) is 4.39 Å². The van der Waals surface area contributed by atoms with Crippen LogP contribution in [0.15, 0.2) is 17.0 Å². The molecule has 1 aromatic rings. The van der Waals surface area contributed by atoms with Crippen LogP contribution in [-0.2, 0) is 9.05 Å². The van der Waals surface area contributed by atoms with E-state index in [1.807, 2.05) is 13.8 Å². The molecule has 0 saturated heterocycles. The molecule has 0 bridgehead atoms. The normalized spacial score (nSPS) is 11.7. The highest BCUT2D eigenvalue weighted by Gasteiger charge is 2.20. The molecule has 0 spiro atoms. The lowest BCUT2D eigenvalue weighted by molar-refractivity contribution is 0.0944. The van der Waals surface area contributed by atoms with E-state index in [2.05, 4.69) is 5.32 Å². The second-order valence-electron chi connectivity index (χ2n) is 4.64. The average Bonchev–Trinajstić information content (AvgIpc) is 2.24. The van der Waals surface area contributed by atoms with E-state index in [1.54, 1.807) is 0 Å². The van der Waals surface area contributed by atoms with Gasteiger partial charge in [-0.2, -0.15) is 0 Å². The number of hydrogen-bond acceptors (Lipinski definition) is 3. The van der Waals surface area contributed by atoms with Gasteiger partial charge in [0, 0.05) is 17.2 Å². The number of halogens is 2. The van der Waals surface area contributed by atoms with Gasteiger partial charge in [-0.25, -0.2) is 12.8 Å². The Morgan fingerprint density at radius 3 is 2.47 bits per heavy atom. The molecule has 0 atom stereocenters. The van der Waals surface area contributed by atoms with Crippen molar-refractivity contribution in [2.24, 2.45) is 5.92 Å². The third-order valence-corrected chi connectivity index (χ3v) is 3.91. The minimum atomic E-state index is -4.01. The number of rotatable bonds is 4. The molecule has 0 aliphatic heterocycles. The highest BCUT2D eigenvalue weighted by atomic mass is 35.7. The van der Waals surface area contributed by atoms with Crippen LogP contribution in [-0.4, -0.2) is 20.9 Å². The average molecular weight is 308 g/mol. The molecule has 19 heavy (non-hydrogen) atoms. The minimum Gasteiger partial charge on any atom is -0.352 e. The number of carbonyl (C=O) groups excluding carboxylic acids is 1. The van der Waals surface area contributed by atoms with Crippen LogP contribution in [0, 0.1) is 18.7 Å². The second kappa shape index (κ2) is 5.88. The Hall–Kier alpha value is -1.14. The van der Waals surface area contributed by atoms with Crippen molar-refractivity contribution >= 4 is 25.6 Å². The first kappa shape index (κ1) is 15.9. The second-order valence-corrected chi connectivity index (χ2v) is 7.17. The molecule has 0 saturated carbocycles. The quantitative estimate of drug-likeness (QED) is 0.869. The molecule has 4 nitrogen and oxygen atoms in total. The van der Waals surface area contributed by atoms with E-state index < -0.39 is 20.8 Å². The van der Waals surface area contributed by atoms with Crippen molar-refractivity contribution in [3.63, 3.8) is 0 Å². The Bertz CT molecular complexity index is 599. The van der Waals surface area contributed by atoms with Gasteiger partial charge in [0.2, 0.25) is 0 Å². The third-order valence-electron chi connectivity index (χ3n) is 2.44. The van der Waals surface area contributed by atoms with E-state index in [4.69, 9.17) is 10.7 Å². The van der Waals surface area contributed by atoms with E-state index in [0.29, 0.717) is 6.54 Å². The van der Waals surface area contributed by atoms with Gasteiger partial charge in [-0.1, -0.05) is 13.8 Å². The molecule has 0 aliphatic rings. The van der Waals surface area contributed by atoms with Crippen LogP contribution >= 0.6 is 10.7 Å². The summed E-state index contributed by atoms with van der Waals surface area (Å²) in [6.07, 6.45) is 0. The smallest absolute Gasteiger partial charge is 0.261 e. The van der Waals surface area contributed by atoms with Gasteiger partial charge >= 0.3 is 0 Å². The summed E-state index contributed by atoms with van der Waals surface area (Å²) in [6, 6.07) is 1.95. The molecular formula is C12H15ClFNO3S. The molecule has 1 N–H and O–H groups in total. The molecule has 106 valence electrons. The molecule has 0 fully saturated rings. The van der Waals surface area contributed by atoms with Gasteiger partial charge in [-0.3, -0.25) is 4.79 Å². The SMILES string of the molecule is Cc1cc(F)c(C(=O)NCC(C)C)cc1S(=O)(=O)Cl. The highest BCUT2D eigenvalue weighted by molar-refractivity contribution is 8.13. The first-order valence-corrected chi connectivity index (χ1v) is 7.97. The summed E-state index contributed by atoms with van der Waals surface area (Å²) in [5.41, 5.74) is -0.168. The minimum absolute atomic E-state index is 0.160. The molecule has 0 radical (unpaired) electrons. The van der Waals surface area contributed by atoms with E-state index in [-0.39, 0.29) is 21.9 Å². The number of carbonyl (C=O) groups is 1. The van der Waals surface area contributed by atoms with Crippen molar-refractivity contribution in [2.75, 3.05) is 6.54 Å². The van der Waals surface area contributed by atoms with Gasteiger partial charge in [0.05, 0.1) is 10.5 Å². The zero-order valence-electron chi connectivity index (χ0n) is 10.8. The molecule has 1 aromatic carbocycles. The number of benzene rings is 1. The molecule has 1 rings (SSSR count). The molecule has 7 heteroatoms. The van der Waals surface area contributed by atoms with Gasteiger partial charge in [0.15, 0.2) is 0 Å². The summed E-state index contributed by atoms with van der Waals surface area (Å²) in [5.74, 6) is -1.23. The summed E-state index contributed by atoms with van der Waals surface area (Å²) < 4.78 is 36.3. The maximum Gasteiger partial charge on any atom is 0.261 e. The number of hydrogen-bond donors (Lipinski definition) is 1. The fraction of sp³-hybridized carbons (Fsp3) is 0.417. The molecule has 0 unspecified atom stereocenters. The zero-order chi connectivity index (χ0) is 14.8. The summed E-state index contributed by atoms with van der Waals surface area (Å²) >= 11 is 0. The predicted molar refractivity (Wildman–Crippen MR) is 71.3 cm³/mol. The Labute approximate surface area is 116 Å². The van der Waals surface area contributed by atoms with Crippen LogP contribution in [0.2, 0.25) is 0 Å². The summed E-state index contributed by atoms with van der Waals surface area (Å²) in [7, 11) is 1.23. The third kappa shape index (κ3) is 4.18. The van der Waals surface area contributed by atoms with Crippen LogP contribution in [0.1, 0.15) is 29.8 Å². The lowest BCUT2D eigenvalue weighted by Gasteiger charge is -2.10. The van der Waals surface area contributed by atoms with Gasteiger partial charge < -0.3 is 5.32 Å². The van der Waals surface area contributed by atoms with Crippen LogP contribution in [0.5, 0.6) is 0 Å². The van der Waals surface area contributed by atoms with Crippen LogP contribution in [0.25, 0.3) is 0 Å². The number of aryl methyl sites for hydroxylation is 1. The van der Waals surface area contributed by atoms with Gasteiger partial charge in [-0.15, -0.1) is 0 Å². The molecular weight excluding hydrogens is 293 g/mol. The fourth-order valence-electron chi connectivity index (χ4n) is 1.48. The summed E-state index contributed by atoms with van der Waals surface area (Å²) in [5, 5.41) is 2.52. The summed E-state index contributed by atoms with van der Waals surface area (Å²) in [6.45, 7) is 5.56. The van der Waals surface area contributed by atoms with Gasteiger partial charge in [0.25, 0.3) is 15.0 Å². The Morgan fingerprint density at radius 1 is 1.42 bits per heavy atom. The maximum absolute atomic E-state index is 13.7. The number of amides is 1. The molecule has 1 amide bonds. The zero-order valence-corrected chi connectivity index (χ0v) is 12.4. The Balaban J connectivity index is 3.19. The molecule has 0 heterocycles. The predicted octanol–water partition coefficient (Wildman–Crippen LogP) is 2.45. The van der Waals surface area contributed by atoms with E-state index in [1.165, 1.54) is 6.92 Å². The Kier molecular flexibility index (Phi) is 4.92. The lowest BCUT2D eigenvalue weighted by atomic mass is 10.1. The lowest BCUT2D eigenvalue weighted by Crippen LogP contribution is -2.28. The standard InChI is InChI=1S/C12H15ClFNO3S/c1-7(2)6-15-12(16)9-5-11(19(13,17)18)8(3)4-10(9)14/h4-5,7H,6H2,1-3H3,(H,15,16).